The Morgan fingerprint density at radius 3 is 2.67 bits per heavy atom. The summed E-state index contributed by atoms with van der Waals surface area (Å²) in [6.07, 6.45) is 12.7. The lowest BCUT2D eigenvalue weighted by molar-refractivity contribution is -0.190. The van der Waals surface area contributed by atoms with E-state index in [1.54, 1.807) is 0 Å². The largest absolute Gasteiger partial charge is 0.381 e. The van der Waals surface area contributed by atoms with Crippen LogP contribution >= 0.6 is 0 Å². The number of ketones is 1. The number of rotatable bonds is 0. The van der Waals surface area contributed by atoms with E-state index in [0.29, 0.717) is 36.0 Å². The topological polar surface area (TPSA) is 37.3 Å². The van der Waals surface area contributed by atoms with Crippen molar-refractivity contribution < 1.29 is 9.90 Å². The Morgan fingerprint density at radius 1 is 1.10 bits per heavy atom. The molecule has 0 saturated heterocycles. The van der Waals surface area contributed by atoms with Gasteiger partial charge in [0.25, 0.3) is 0 Å². The highest BCUT2D eigenvalue weighted by molar-refractivity contribution is 5.90. The normalized spacial score (nSPS) is 55.8. The molecule has 3 saturated carbocycles. The van der Waals surface area contributed by atoms with Gasteiger partial charge in [-0.3, -0.25) is 4.79 Å². The van der Waals surface area contributed by atoms with Gasteiger partial charge in [-0.05, 0) is 55.3 Å². The number of carbonyl (C=O) groups is 1. The Bertz CT molecular complexity index is 510. The Morgan fingerprint density at radius 2 is 1.86 bits per heavy atom. The van der Waals surface area contributed by atoms with Gasteiger partial charge in [0.15, 0.2) is 5.78 Å². The molecule has 1 N–H and O–H groups in total. The van der Waals surface area contributed by atoms with Crippen LogP contribution in [0.3, 0.4) is 0 Å². The molecule has 0 aromatic carbocycles. The minimum absolute atomic E-state index is 0.131. The van der Waals surface area contributed by atoms with Crippen LogP contribution in [-0.4, -0.2) is 16.5 Å². The smallest absolute Gasteiger partial charge is 0.165 e. The summed E-state index contributed by atoms with van der Waals surface area (Å²) >= 11 is 0. The van der Waals surface area contributed by atoms with Gasteiger partial charge < -0.3 is 5.11 Å². The zero-order valence-corrected chi connectivity index (χ0v) is 13.4. The van der Waals surface area contributed by atoms with Gasteiger partial charge in [0, 0.05) is 18.3 Å². The molecule has 0 aromatic rings. The quantitative estimate of drug-likeness (QED) is 0.687. The Hall–Kier alpha value is -0.630. The van der Waals surface area contributed by atoms with E-state index in [4.69, 9.17) is 0 Å². The van der Waals surface area contributed by atoms with Gasteiger partial charge in [-0.1, -0.05) is 32.4 Å². The third-order valence-corrected chi connectivity index (χ3v) is 7.99. The highest BCUT2D eigenvalue weighted by atomic mass is 16.3. The third kappa shape index (κ3) is 1.60. The molecule has 0 radical (unpaired) electrons. The summed E-state index contributed by atoms with van der Waals surface area (Å²) in [7, 11) is 0. The van der Waals surface area contributed by atoms with Gasteiger partial charge in [-0.2, -0.15) is 0 Å². The average molecular weight is 288 g/mol. The van der Waals surface area contributed by atoms with Crippen molar-refractivity contribution in [1.29, 1.82) is 0 Å². The molecule has 2 nitrogen and oxygen atoms in total. The van der Waals surface area contributed by atoms with Gasteiger partial charge in [0.1, 0.15) is 5.60 Å². The molecule has 0 heterocycles. The molecule has 0 amide bonds. The van der Waals surface area contributed by atoms with Crippen molar-refractivity contribution in [2.75, 3.05) is 0 Å². The van der Waals surface area contributed by atoms with E-state index < -0.39 is 5.60 Å². The molecular formula is C19H28O2. The molecule has 21 heavy (non-hydrogen) atoms. The summed E-state index contributed by atoms with van der Waals surface area (Å²) in [6, 6.07) is 0. The van der Waals surface area contributed by atoms with E-state index in [2.05, 4.69) is 19.9 Å². The van der Waals surface area contributed by atoms with Crippen LogP contribution in [0.1, 0.15) is 65.2 Å². The van der Waals surface area contributed by atoms with Crippen LogP contribution < -0.4 is 0 Å². The van der Waals surface area contributed by atoms with Gasteiger partial charge in [0.2, 0.25) is 0 Å². The second-order valence-corrected chi connectivity index (χ2v) is 8.75. The number of carbonyl (C=O) groups excluding carboxylic acids is 1. The fourth-order valence-corrected chi connectivity index (χ4v) is 6.61. The average Bonchev–Trinajstić information content (AvgIpc) is 2.83. The van der Waals surface area contributed by atoms with Crippen molar-refractivity contribution in [1.82, 2.24) is 0 Å². The van der Waals surface area contributed by atoms with Crippen molar-refractivity contribution in [3.63, 3.8) is 0 Å². The van der Waals surface area contributed by atoms with Crippen LogP contribution in [0.15, 0.2) is 12.2 Å². The lowest BCUT2D eigenvalue weighted by atomic mass is 9.44. The van der Waals surface area contributed by atoms with Crippen molar-refractivity contribution in [2.45, 2.75) is 70.8 Å². The first kappa shape index (κ1) is 14.0. The lowest BCUT2D eigenvalue weighted by Gasteiger charge is -2.61. The molecule has 0 aliphatic heterocycles. The molecule has 3 fully saturated rings. The molecule has 116 valence electrons. The minimum atomic E-state index is -1.09. The van der Waals surface area contributed by atoms with Crippen molar-refractivity contribution in [3.8, 4) is 0 Å². The summed E-state index contributed by atoms with van der Waals surface area (Å²) in [5, 5.41) is 11.2. The van der Waals surface area contributed by atoms with E-state index >= 15 is 0 Å². The second kappa shape index (κ2) is 4.22. The van der Waals surface area contributed by atoms with Crippen molar-refractivity contribution in [3.05, 3.63) is 12.2 Å². The highest BCUT2D eigenvalue weighted by Crippen LogP contribution is 2.65. The molecule has 4 aliphatic rings. The van der Waals surface area contributed by atoms with E-state index in [0.717, 1.165) is 6.42 Å². The van der Waals surface area contributed by atoms with Crippen LogP contribution in [0.4, 0.5) is 0 Å². The van der Waals surface area contributed by atoms with Gasteiger partial charge >= 0.3 is 0 Å². The predicted octanol–water partition coefficient (Wildman–Crippen LogP) is 3.88. The van der Waals surface area contributed by atoms with E-state index in [1.165, 1.54) is 32.1 Å². The molecule has 0 unspecified atom stereocenters. The van der Waals surface area contributed by atoms with Crippen LogP contribution in [0.2, 0.25) is 0 Å². The van der Waals surface area contributed by atoms with Crippen molar-refractivity contribution >= 4 is 5.78 Å². The summed E-state index contributed by atoms with van der Waals surface area (Å²) in [6.45, 7) is 4.65. The first-order valence-corrected chi connectivity index (χ1v) is 8.81. The number of allylic oxidation sites excluding steroid dienone is 1. The summed E-state index contributed by atoms with van der Waals surface area (Å²) in [4.78, 5) is 12.8. The number of Topliss-reactive ketones (excluding diaryl/α,β-unsaturated/α-hetero) is 1. The molecule has 0 aromatic heterocycles. The van der Waals surface area contributed by atoms with Gasteiger partial charge in [-0.15, -0.1) is 0 Å². The Balaban J connectivity index is 1.76. The van der Waals surface area contributed by atoms with E-state index in [-0.39, 0.29) is 11.2 Å². The first-order valence-electron chi connectivity index (χ1n) is 8.81. The summed E-state index contributed by atoms with van der Waals surface area (Å²) in [5.74, 6) is 1.90. The maximum Gasteiger partial charge on any atom is 0.165 e. The molecule has 0 spiro atoms. The van der Waals surface area contributed by atoms with Gasteiger partial charge in [-0.25, -0.2) is 0 Å². The molecule has 4 aliphatic carbocycles. The van der Waals surface area contributed by atoms with Crippen LogP contribution in [0.25, 0.3) is 0 Å². The standard InChI is InChI=1S/C19H28O2/c1-17-8-5-6-14(17)13-12-16(20)19(21)10-4-3-9-18(19,2)15(13)7-11-17/h3-4,13-15,21H,5-12H2,1-2H3/t13-,14-,15-,17-,18+,19-/m0/s1. The van der Waals surface area contributed by atoms with E-state index in [1.807, 2.05) is 6.08 Å². The second-order valence-electron chi connectivity index (χ2n) is 8.75. The summed E-state index contributed by atoms with van der Waals surface area (Å²) in [5.41, 5.74) is -0.849. The highest BCUT2D eigenvalue weighted by Gasteiger charge is 2.64. The third-order valence-electron chi connectivity index (χ3n) is 7.99. The zero-order valence-electron chi connectivity index (χ0n) is 13.4. The number of fused-ring (bicyclic) bond motifs is 5. The molecule has 6 atom stereocenters. The fourth-order valence-electron chi connectivity index (χ4n) is 6.61. The Labute approximate surface area is 128 Å². The lowest BCUT2D eigenvalue weighted by Crippen LogP contribution is -2.64. The molecule has 4 rings (SSSR count). The monoisotopic (exact) mass is 288 g/mol. The van der Waals surface area contributed by atoms with E-state index in [9.17, 15) is 9.90 Å². The molecule has 2 heteroatoms. The maximum absolute atomic E-state index is 12.8. The number of hydrogen-bond donors (Lipinski definition) is 1. The maximum atomic E-state index is 12.8. The van der Waals surface area contributed by atoms with Gasteiger partial charge in [0.05, 0.1) is 0 Å². The molecular weight excluding hydrogens is 260 g/mol. The number of hydrogen-bond acceptors (Lipinski definition) is 2. The minimum Gasteiger partial charge on any atom is -0.381 e. The fraction of sp³-hybridized carbons (Fsp3) is 0.842. The predicted molar refractivity (Wildman–Crippen MR) is 82.7 cm³/mol. The van der Waals surface area contributed by atoms with Crippen LogP contribution in [-0.2, 0) is 4.79 Å². The van der Waals surface area contributed by atoms with Crippen LogP contribution in [0.5, 0.6) is 0 Å². The summed E-state index contributed by atoms with van der Waals surface area (Å²) < 4.78 is 0. The van der Waals surface area contributed by atoms with Crippen molar-refractivity contribution in [2.24, 2.45) is 28.6 Å². The SMILES string of the molecule is C[C@@]12CCC[C@H]1[C@@H]1CC(=O)[C@@]3(O)CC=CC[C@]3(C)[C@H]1CC2. The number of aliphatic hydroxyl groups is 1. The first-order chi connectivity index (χ1) is 9.91. The molecule has 0 bridgehead atoms. The zero-order chi connectivity index (χ0) is 14.9. The Kier molecular flexibility index (Phi) is 2.81. The van der Waals surface area contributed by atoms with Crippen LogP contribution in [0, 0.1) is 28.6 Å².